The molecule has 1 N–H and O–H groups in total. The predicted octanol–water partition coefficient (Wildman–Crippen LogP) is 4.40. The number of esters is 1. The highest BCUT2D eigenvalue weighted by Gasteiger charge is 2.52. The zero-order valence-corrected chi connectivity index (χ0v) is 17.2. The van der Waals surface area contributed by atoms with Crippen molar-refractivity contribution >= 4 is 5.97 Å². The highest BCUT2D eigenvalue weighted by atomic mass is 16.6. The summed E-state index contributed by atoms with van der Waals surface area (Å²) in [4.78, 5) is 15.9. The van der Waals surface area contributed by atoms with Gasteiger partial charge in [0, 0.05) is 24.4 Å². The minimum Gasteiger partial charge on any atom is -0.458 e. The number of fused-ring (bicyclic) bond motifs is 2. The molecule has 28 heavy (non-hydrogen) atoms. The summed E-state index contributed by atoms with van der Waals surface area (Å²) in [6.07, 6.45) is 10.8. The smallest absolute Gasteiger partial charge is 0.343 e. The van der Waals surface area contributed by atoms with Crippen LogP contribution in [0.1, 0.15) is 76.7 Å². The third-order valence-corrected chi connectivity index (χ3v) is 7.37. The third-order valence-electron chi connectivity index (χ3n) is 7.37. The van der Waals surface area contributed by atoms with E-state index in [0.29, 0.717) is 17.6 Å². The Balaban J connectivity index is 1.48. The summed E-state index contributed by atoms with van der Waals surface area (Å²) in [6, 6.07) is 10.4. The van der Waals surface area contributed by atoms with Crippen molar-refractivity contribution in [3.8, 4) is 0 Å². The van der Waals surface area contributed by atoms with Crippen LogP contribution in [0.3, 0.4) is 0 Å². The monoisotopic (exact) mass is 385 g/mol. The molecule has 0 aromatic heterocycles. The Labute approximate surface area is 169 Å². The highest BCUT2D eigenvalue weighted by molar-refractivity contribution is 5.82. The molecule has 1 aromatic carbocycles. The fourth-order valence-corrected chi connectivity index (χ4v) is 5.85. The first-order chi connectivity index (χ1) is 13.6. The average Bonchev–Trinajstić information content (AvgIpc) is 3.45. The zero-order chi connectivity index (χ0) is 19.6. The molecule has 0 radical (unpaired) electrons. The van der Waals surface area contributed by atoms with Crippen molar-refractivity contribution in [3.05, 3.63) is 35.9 Å². The van der Waals surface area contributed by atoms with Crippen LogP contribution in [-0.4, -0.2) is 40.7 Å². The van der Waals surface area contributed by atoms with Gasteiger partial charge in [0.25, 0.3) is 0 Å². The topological polar surface area (TPSA) is 49.8 Å². The van der Waals surface area contributed by atoms with E-state index in [1.54, 1.807) is 0 Å². The molecule has 3 fully saturated rings. The van der Waals surface area contributed by atoms with E-state index in [4.69, 9.17) is 4.74 Å². The Bertz CT molecular complexity index is 657. The molecule has 1 aromatic rings. The van der Waals surface area contributed by atoms with Gasteiger partial charge in [-0.1, -0.05) is 62.9 Å². The van der Waals surface area contributed by atoms with Crippen molar-refractivity contribution in [3.63, 3.8) is 0 Å². The molecule has 3 aliphatic rings. The molecular formula is C24H35NO3. The molecule has 4 heteroatoms. The van der Waals surface area contributed by atoms with Crippen molar-refractivity contribution in [2.45, 2.75) is 94.9 Å². The number of rotatable bonds is 8. The van der Waals surface area contributed by atoms with E-state index < -0.39 is 11.6 Å². The van der Waals surface area contributed by atoms with Gasteiger partial charge in [-0.15, -0.1) is 0 Å². The van der Waals surface area contributed by atoms with Crippen LogP contribution in [0.25, 0.3) is 0 Å². The van der Waals surface area contributed by atoms with Crippen molar-refractivity contribution in [2.24, 2.45) is 5.92 Å². The number of hydrogen-bond donors (Lipinski definition) is 1. The van der Waals surface area contributed by atoms with E-state index in [1.807, 2.05) is 30.3 Å². The second kappa shape index (κ2) is 8.54. The Morgan fingerprint density at radius 1 is 1.14 bits per heavy atom. The number of ether oxygens (including phenoxy) is 1. The van der Waals surface area contributed by atoms with Gasteiger partial charge in [-0.05, 0) is 44.2 Å². The standard InChI is InChI=1S/C24H35NO3/c1-2-3-9-16-25-20-14-15-21(25)22(17-20)28-23(26)24(27,19-12-7-8-13-19)18-10-5-4-6-11-18/h4-6,10-11,19-22,27H,2-3,7-9,12-17H2,1H3/t20?,21?,22?,24-/m0/s1. The molecule has 1 aliphatic carbocycles. The summed E-state index contributed by atoms with van der Waals surface area (Å²) in [6.45, 7) is 3.35. The number of carbonyl (C=O) groups excluding carboxylic acids is 1. The Hall–Kier alpha value is -1.39. The summed E-state index contributed by atoms with van der Waals surface area (Å²) in [5.41, 5.74) is -0.818. The van der Waals surface area contributed by atoms with Gasteiger partial charge in [0.15, 0.2) is 5.60 Å². The maximum atomic E-state index is 13.4. The second-order valence-electron chi connectivity index (χ2n) is 9.04. The summed E-state index contributed by atoms with van der Waals surface area (Å²) in [5.74, 6) is -0.460. The maximum Gasteiger partial charge on any atom is 0.343 e. The molecule has 4 nitrogen and oxygen atoms in total. The molecule has 2 bridgehead atoms. The predicted molar refractivity (Wildman–Crippen MR) is 110 cm³/mol. The van der Waals surface area contributed by atoms with Crippen LogP contribution >= 0.6 is 0 Å². The molecule has 0 spiro atoms. The van der Waals surface area contributed by atoms with E-state index in [9.17, 15) is 9.90 Å². The highest BCUT2D eigenvalue weighted by Crippen LogP contribution is 2.44. The summed E-state index contributed by atoms with van der Waals surface area (Å²) in [7, 11) is 0. The number of benzene rings is 1. The van der Waals surface area contributed by atoms with Crippen LogP contribution in [-0.2, 0) is 15.1 Å². The van der Waals surface area contributed by atoms with Crippen LogP contribution in [0, 0.1) is 5.92 Å². The van der Waals surface area contributed by atoms with Crippen LogP contribution in [0.4, 0.5) is 0 Å². The first-order valence-corrected chi connectivity index (χ1v) is 11.4. The third kappa shape index (κ3) is 3.61. The van der Waals surface area contributed by atoms with Gasteiger partial charge in [-0.3, -0.25) is 4.90 Å². The van der Waals surface area contributed by atoms with Gasteiger partial charge < -0.3 is 9.84 Å². The number of carbonyl (C=O) groups is 1. The molecule has 2 heterocycles. The molecule has 2 saturated heterocycles. The van der Waals surface area contributed by atoms with Crippen molar-refractivity contribution in [1.82, 2.24) is 4.90 Å². The normalized spacial score (nSPS) is 29.9. The van der Waals surface area contributed by atoms with Gasteiger partial charge in [-0.2, -0.15) is 0 Å². The van der Waals surface area contributed by atoms with Gasteiger partial charge in [0.05, 0.1) is 0 Å². The van der Waals surface area contributed by atoms with E-state index >= 15 is 0 Å². The Morgan fingerprint density at radius 3 is 2.61 bits per heavy atom. The minimum absolute atomic E-state index is 0.0401. The van der Waals surface area contributed by atoms with Gasteiger partial charge in [-0.25, -0.2) is 4.79 Å². The summed E-state index contributed by atoms with van der Waals surface area (Å²) in [5, 5.41) is 11.6. The summed E-state index contributed by atoms with van der Waals surface area (Å²) < 4.78 is 6.08. The SMILES string of the molecule is CCCCCN1C2CCC1C(OC(=O)[C@](O)(c1ccccc1)C1CCCC1)C2. The second-order valence-corrected chi connectivity index (χ2v) is 9.04. The molecular weight excluding hydrogens is 350 g/mol. The van der Waals surface area contributed by atoms with Crippen molar-refractivity contribution in [2.75, 3.05) is 6.54 Å². The van der Waals surface area contributed by atoms with Crippen LogP contribution < -0.4 is 0 Å². The zero-order valence-electron chi connectivity index (χ0n) is 17.2. The Morgan fingerprint density at radius 2 is 1.89 bits per heavy atom. The van der Waals surface area contributed by atoms with Gasteiger partial charge >= 0.3 is 5.97 Å². The Kier molecular flexibility index (Phi) is 6.07. The minimum atomic E-state index is -1.51. The first-order valence-electron chi connectivity index (χ1n) is 11.4. The van der Waals surface area contributed by atoms with E-state index in [2.05, 4.69) is 11.8 Å². The van der Waals surface area contributed by atoms with Crippen molar-refractivity contribution < 1.29 is 14.6 Å². The van der Waals surface area contributed by atoms with Crippen molar-refractivity contribution in [1.29, 1.82) is 0 Å². The lowest BCUT2D eigenvalue weighted by molar-refractivity contribution is -0.180. The number of hydrogen-bond acceptors (Lipinski definition) is 4. The van der Waals surface area contributed by atoms with E-state index in [0.717, 1.165) is 45.1 Å². The molecule has 0 amide bonds. The van der Waals surface area contributed by atoms with Crippen LogP contribution in [0.5, 0.6) is 0 Å². The quantitative estimate of drug-likeness (QED) is 0.532. The molecule has 3 unspecified atom stereocenters. The molecule has 4 atom stereocenters. The van der Waals surface area contributed by atoms with Crippen LogP contribution in [0.2, 0.25) is 0 Å². The van der Waals surface area contributed by atoms with E-state index in [1.165, 1.54) is 25.7 Å². The molecule has 154 valence electrons. The largest absolute Gasteiger partial charge is 0.458 e. The summed E-state index contributed by atoms with van der Waals surface area (Å²) >= 11 is 0. The first kappa shape index (κ1) is 19.9. The molecule has 1 saturated carbocycles. The fourth-order valence-electron chi connectivity index (χ4n) is 5.85. The van der Waals surface area contributed by atoms with Crippen LogP contribution in [0.15, 0.2) is 30.3 Å². The number of unbranched alkanes of at least 4 members (excludes halogenated alkanes) is 2. The molecule has 4 rings (SSSR count). The number of nitrogens with zero attached hydrogens (tertiary/aromatic N) is 1. The van der Waals surface area contributed by atoms with Gasteiger partial charge in [0.1, 0.15) is 6.10 Å². The lowest BCUT2D eigenvalue weighted by Crippen LogP contribution is -2.46. The molecule has 2 aliphatic heterocycles. The number of aliphatic hydroxyl groups is 1. The van der Waals surface area contributed by atoms with Gasteiger partial charge in [0.2, 0.25) is 0 Å². The van der Waals surface area contributed by atoms with E-state index in [-0.39, 0.29) is 12.0 Å². The average molecular weight is 386 g/mol. The lowest BCUT2D eigenvalue weighted by atomic mass is 9.80. The fraction of sp³-hybridized carbons (Fsp3) is 0.708. The lowest BCUT2D eigenvalue weighted by Gasteiger charge is -2.34. The maximum absolute atomic E-state index is 13.4.